The van der Waals surface area contributed by atoms with Gasteiger partial charge in [0.1, 0.15) is 0 Å². The van der Waals surface area contributed by atoms with Gasteiger partial charge in [0, 0.05) is 28.8 Å². The summed E-state index contributed by atoms with van der Waals surface area (Å²) in [6.07, 6.45) is -4.41. The average molecular weight is 365 g/mol. The van der Waals surface area contributed by atoms with E-state index >= 15 is 0 Å². The summed E-state index contributed by atoms with van der Waals surface area (Å²) in [4.78, 5) is 14.5. The van der Waals surface area contributed by atoms with E-state index in [9.17, 15) is 23.3 Å². The van der Waals surface area contributed by atoms with Crippen molar-refractivity contribution < 1.29 is 18.1 Å². The Morgan fingerprint density at radius 3 is 2.48 bits per heavy atom. The number of nitro groups is 1. The monoisotopic (exact) mass is 365 g/mol. The van der Waals surface area contributed by atoms with E-state index in [-0.39, 0.29) is 11.4 Å². The number of halogens is 3. The highest BCUT2D eigenvalue weighted by Gasteiger charge is 2.30. The molecule has 0 aliphatic rings. The molecule has 3 rings (SSSR count). The number of benzene rings is 2. The minimum Gasteiger partial charge on any atom is -0.332 e. The fraction of sp³-hybridized carbons (Fsp3) is 0.0625. The minimum atomic E-state index is -4.41. The number of non-ortho nitro benzene ring substituents is 1. The van der Waals surface area contributed by atoms with E-state index in [1.54, 1.807) is 17.5 Å². The van der Waals surface area contributed by atoms with Gasteiger partial charge in [0.25, 0.3) is 5.69 Å². The Labute approximate surface area is 143 Å². The predicted octanol–water partition coefficient (Wildman–Crippen LogP) is 5.48. The zero-order valence-corrected chi connectivity index (χ0v) is 13.3. The summed E-state index contributed by atoms with van der Waals surface area (Å²) in [7, 11) is 0. The molecule has 0 saturated carbocycles. The van der Waals surface area contributed by atoms with E-state index in [1.165, 1.54) is 35.6 Å². The van der Waals surface area contributed by atoms with E-state index in [4.69, 9.17) is 0 Å². The molecule has 3 aromatic rings. The molecule has 0 bridgehead atoms. The Kier molecular flexibility index (Phi) is 4.41. The number of alkyl halides is 3. The van der Waals surface area contributed by atoms with Gasteiger partial charge in [-0.1, -0.05) is 6.07 Å². The molecular formula is C16H10F3N3O2S. The van der Waals surface area contributed by atoms with Crippen molar-refractivity contribution in [1.29, 1.82) is 0 Å². The van der Waals surface area contributed by atoms with Crippen LogP contribution in [0.5, 0.6) is 0 Å². The Morgan fingerprint density at radius 1 is 1.12 bits per heavy atom. The van der Waals surface area contributed by atoms with Crippen molar-refractivity contribution in [2.24, 2.45) is 0 Å². The van der Waals surface area contributed by atoms with Crippen LogP contribution in [0, 0.1) is 10.1 Å². The lowest BCUT2D eigenvalue weighted by Crippen LogP contribution is -2.05. The van der Waals surface area contributed by atoms with Gasteiger partial charge in [0.2, 0.25) is 0 Å². The summed E-state index contributed by atoms with van der Waals surface area (Å²) in [6, 6.07) is 10.7. The van der Waals surface area contributed by atoms with Crippen molar-refractivity contribution in [3.05, 3.63) is 69.6 Å². The quantitative estimate of drug-likeness (QED) is 0.491. The van der Waals surface area contributed by atoms with Gasteiger partial charge >= 0.3 is 6.18 Å². The van der Waals surface area contributed by atoms with Crippen molar-refractivity contribution in [2.75, 3.05) is 5.32 Å². The molecule has 5 nitrogen and oxygen atoms in total. The van der Waals surface area contributed by atoms with E-state index in [0.717, 1.165) is 12.1 Å². The summed E-state index contributed by atoms with van der Waals surface area (Å²) in [5.41, 5.74) is 0.763. The van der Waals surface area contributed by atoms with Crippen LogP contribution in [0.3, 0.4) is 0 Å². The summed E-state index contributed by atoms with van der Waals surface area (Å²) in [6.45, 7) is 0. The lowest BCUT2D eigenvalue weighted by Gasteiger charge is -2.08. The second-order valence-corrected chi connectivity index (χ2v) is 5.90. The van der Waals surface area contributed by atoms with Crippen molar-refractivity contribution in [3.8, 4) is 11.3 Å². The molecule has 1 aromatic heterocycles. The van der Waals surface area contributed by atoms with E-state index in [0.29, 0.717) is 16.4 Å². The lowest BCUT2D eigenvalue weighted by atomic mass is 10.1. The molecule has 2 aromatic carbocycles. The molecule has 1 N–H and O–H groups in total. The molecule has 1 heterocycles. The van der Waals surface area contributed by atoms with Gasteiger partial charge in [-0.25, -0.2) is 4.98 Å². The number of hydrogen-bond acceptors (Lipinski definition) is 5. The molecule has 0 aliphatic heterocycles. The Bertz CT molecular complexity index is 907. The Balaban J connectivity index is 1.79. The maximum absolute atomic E-state index is 12.7. The molecule has 0 amide bonds. The number of nitro benzene ring substituents is 1. The summed E-state index contributed by atoms with van der Waals surface area (Å²) < 4.78 is 38.2. The first-order valence-corrected chi connectivity index (χ1v) is 7.85. The normalized spacial score (nSPS) is 11.3. The third-order valence-corrected chi connectivity index (χ3v) is 4.08. The van der Waals surface area contributed by atoms with Gasteiger partial charge < -0.3 is 5.32 Å². The fourth-order valence-electron chi connectivity index (χ4n) is 2.11. The van der Waals surface area contributed by atoms with Crippen LogP contribution < -0.4 is 5.32 Å². The maximum Gasteiger partial charge on any atom is 0.416 e. The molecular weight excluding hydrogens is 355 g/mol. The van der Waals surface area contributed by atoms with E-state index < -0.39 is 16.7 Å². The molecule has 0 atom stereocenters. The van der Waals surface area contributed by atoms with E-state index in [1.807, 2.05) is 0 Å². The van der Waals surface area contributed by atoms with Crippen molar-refractivity contribution >= 4 is 27.8 Å². The van der Waals surface area contributed by atoms with E-state index in [2.05, 4.69) is 10.3 Å². The van der Waals surface area contributed by atoms with Crippen LogP contribution in [0.1, 0.15) is 5.56 Å². The summed E-state index contributed by atoms with van der Waals surface area (Å²) in [5.74, 6) is 0. The van der Waals surface area contributed by atoms with Crippen molar-refractivity contribution in [3.63, 3.8) is 0 Å². The first-order valence-electron chi connectivity index (χ1n) is 6.97. The summed E-state index contributed by atoms with van der Waals surface area (Å²) in [5, 5.41) is 15.6. The number of aromatic nitrogens is 1. The van der Waals surface area contributed by atoms with Crippen LogP contribution in [0.2, 0.25) is 0 Å². The lowest BCUT2D eigenvalue weighted by molar-refractivity contribution is -0.384. The van der Waals surface area contributed by atoms with Crippen LogP contribution in [-0.4, -0.2) is 9.91 Å². The standard InChI is InChI=1S/C16H10F3N3O2S/c17-16(18,19)11-2-1-3-12(8-11)20-15-21-14(9-25-15)10-4-6-13(7-5-10)22(23)24/h1-9H,(H,20,21). The smallest absolute Gasteiger partial charge is 0.332 e. The molecule has 128 valence electrons. The van der Waals surface area contributed by atoms with Gasteiger partial charge in [-0.15, -0.1) is 11.3 Å². The van der Waals surface area contributed by atoms with Crippen LogP contribution in [0.15, 0.2) is 53.9 Å². The van der Waals surface area contributed by atoms with Crippen LogP contribution in [-0.2, 0) is 6.18 Å². The second-order valence-electron chi connectivity index (χ2n) is 5.05. The zero-order chi connectivity index (χ0) is 18.0. The highest BCUT2D eigenvalue weighted by molar-refractivity contribution is 7.14. The van der Waals surface area contributed by atoms with Crippen molar-refractivity contribution in [2.45, 2.75) is 6.18 Å². The number of nitrogens with one attached hydrogen (secondary N) is 1. The fourth-order valence-corrected chi connectivity index (χ4v) is 2.85. The van der Waals surface area contributed by atoms with Crippen molar-refractivity contribution in [1.82, 2.24) is 4.98 Å². The number of nitrogens with zero attached hydrogens (tertiary/aromatic N) is 2. The number of thiazole rings is 1. The van der Waals surface area contributed by atoms with Crippen LogP contribution in [0.4, 0.5) is 29.7 Å². The van der Waals surface area contributed by atoms with Gasteiger partial charge in [-0.3, -0.25) is 10.1 Å². The molecule has 0 saturated heterocycles. The molecule has 0 spiro atoms. The molecule has 0 radical (unpaired) electrons. The SMILES string of the molecule is O=[N+]([O-])c1ccc(-c2csc(Nc3cccc(C(F)(F)F)c3)n2)cc1. The Hall–Kier alpha value is -2.94. The van der Waals surface area contributed by atoms with Gasteiger partial charge in [-0.05, 0) is 30.3 Å². The topological polar surface area (TPSA) is 68.1 Å². The molecule has 0 aliphatic carbocycles. The summed E-state index contributed by atoms with van der Waals surface area (Å²) >= 11 is 1.23. The third kappa shape index (κ3) is 3.94. The minimum absolute atomic E-state index is 0.0266. The van der Waals surface area contributed by atoms with Gasteiger partial charge in [-0.2, -0.15) is 13.2 Å². The highest BCUT2D eigenvalue weighted by Crippen LogP contribution is 2.32. The first-order chi connectivity index (χ1) is 11.8. The molecule has 0 fully saturated rings. The zero-order valence-electron chi connectivity index (χ0n) is 12.4. The molecule has 0 unspecified atom stereocenters. The molecule has 25 heavy (non-hydrogen) atoms. The number of anilines is 2. The van der Waals surface area contributed by atoms with Gasteiger partial charge in [0.15, 0.2) is 5.13 Å². The third-order valence-electron chi connectivity index (χ3n) is 3.32. The first kappa shape index (κ1) is 16.9. The number of rotatable bonds is 4. The predicted molar refractivity (Wildman–Crippen MR) is 88.9 cm³/mol. The average Bonchev–Trinajstić information content (AvgIpc) is 3.03. The largest absolute Gasteiger partial charge is 0.416 e. The van der Waals surface area contributed by atoms with Crippen LogP contribution in [0.25, 0.3) is 11.3 Å². The number of hydrogen-bond donors (Lipinski definition) is 1. The Morgan fingerprint density at radius 2 is 1.84 bits per heavy atom. The highest BCUT2D eigenvalue weighted by atomic mass is 32.1. The van der Waals surface area contributed by atoms with Crippen LogP contribution >= 0.6 is 11.3 Å². The van der Waals surface area contributed by atoms with Gasteiger partial charge in [0.05, 0.1) is 16.2 Å². The molecule has 9 heteroatoms. The second kappa shape index (κ2) is 6.52. The maximum atomic E-state index is 12.7.